The Labute approximate surface area is 122 Å². The lowest BCUT2D eigenvalue weighted by atomic mass is 10.1. The van der Waals surface area contributed by atoms with Crippen LogP contribution in [0.3, 0.4) is 0 Å². The smallest absolute Gasteiger partial charge is 0.395 e. The van der Waals surface area contributed by atoms with Crippen LogP contribution in [-0.2, 0) is 13.0 Å². The van der Waals surface area contributed by atoms with Crippen LogP contribution in [0.1, 0.15) is 28.6 Å². The molecule has 0 spiro atoms. The standard InChI is InChI=1S/C15H16N2O4/c1-3-11-4-6-12(7-5-11)10-16(2)15(18)13-8-9-14(21-13)17(19)20/h4-9H,3,10H2,1-2H3. The largest absolute Gasteiger partial charge is 0.433 e. The summed E-state index contributed by atoms with van der Waals surface area (Å²) in [7, 11) is 1.63. The van der Waals surface area contributed by atoms with Crippen molar-refractivity contribution in [1.29, 1.82) is 0 Å². The molecule has 1 heterocycles. The fourth-order valence-electron chi connectivity index (χ4n) is 1.95. The van der Waals surface area contributed by atoms with E-state index in [4.69, 9.17) is 4.42 Å². The molecule has 0 fully saturated rings. The molecule has 0 N–H and O–H groups in total. The van der Waals surface area contributed by atoms with Crippen LogP contribution in [0.15, 0.2) is 40.8 Å². The number of aryl methyl sites for hydroxylation is 1. The molecule has 0 radical (unpaired) electrons. The minimum atomic E-state index is -0.666. The van der Waals surface area contributed by atoms with Crippen LogP contribution < -0.4 is 0 Å². The molecule has 0 saturated heterocycles. The van der Waals surface area contributed by atoms with E-state index >= 15 is 0 Å². The molecule has 2 aromatic rings. The summed E-state index contributed by atoms with van der Waals surface area (Å²) in [6.07, 6.45) is 0.963. The number of carbonyl (C=O) groups excluding carboxylic acids is 1. The number of hydrogen-bond acceptors (Lipinski definition) is 4. The second kappa shape index (κ2) is 6.21. The van der Waals surface area contributed by atoms with Crippen molar-refractivity contribution in [2.24, 2.45) is 0 Å². The number of nitrogens with zero attached hydrogens (tertiary/aromatic N) is 2. The number of carbonyl (C=O) groups is 1. The summed E-state index contributed by atoms with van der Waals surface area (Å²) in [4.78, 5) is 23.5. The van der Waals surface area contributed by atoms with Gasteiger partial charge in [-0.1, -0.05) is 31.2 Å². The minimum Gasteiger partial charge on any atom is -0.395 e. The highest BCUT2D eigenvalue weighted by Crippen LogP contribution is 2.17. The molecule has 6 nitrogen and oxygen atoms in total. The lowest BCUT2D eigenvalue weighted by molar-refractivity contribution is -0.402. The Hall–Kier alpha value is -2.63. The predicted molar refractivity (Wildman–Crippen MR) is 77.0 cm³/mol. The van der Waals surface area contributed by atoms with Crippen molar-refractivity contribution in [2.45, 2.75) is 19.9 Å². The van der Waals surface area contributed by atoms with Crippen molar-refractivity contribution in [3.05, 3.63) is 63.4 Å². The van der Waals surface area contributed by atoms with Crippen LogP contribution in [0.5, 0.6) is 0 Å². The Kier molecular flexibility index (Phi) is 4.37. The second-order valence-electron chi connectivity index (χ2n) is 4.73. The molecule has 21 heavy (non-hydrogen) atoms. The zero-order chi connectivity index (χ0) is 15.4. The van der Waals surface area contributed by atoms with Crippen molar-refractivity contribution < 1.29 is 14.1 Å². The highest BCUT2D eigenvalue weighted by Gasteiger charge is 2.20. The highest BCUT2D eigenvalue weighted by molar-refractivity contribution is 5.91. The van der Waals surface area contributed by atoms with Crippen LogP contribution in [0, 0.1) is 10.1 Å². The Morgan fingerprint density at radius 3 is 2.33 bits per heavy atom. The van der Waals surface area contributed by atoms with Gasteiger partial charge >= 0.3 is 5.88 Å². The van der Waals surface area contributed by atoms with Crippen LogP contribution in [-0.4, -0.2) is 22.8 Å². The normalized spacial score (nSPS) is 10.4. The zero-order valence-corrected chi connectivity index (χ0v) is 11.9. The third-order valence-electron chi connectivity index (χ3n) is 3.18. The second-order valence-corrected chi connectivity index (χ2v) is 4.73. The summed E-state index contributed by atoms with van der Waals surface area (Å²) >= 11 is 0. The molecule has 6 heteroatoms. The van der Waals surface area contributed by atoms with Gasteiger partial charge in [0.15, 0.2) is 5.76 Å². The van der Waals surface area contributed by atoms with Gasteiger partial charge in [-0.15, -0.1) is 0 Å². The SMILES string of the molecule is CCc1ccc(CN(C)C(=O)c2ccc([N+](=O)[O-])o2)cc1. The van der Waals surface area contributed by atoms with Gasteiger partial charge < -0.3 is 9.32 Å². The van der Waals surface area contributed by atoms with E-state index < -0.39 is 10.8 Å². The van der Waals surface area contributed by atoms with Gasteiger partial charge in [0, 0.05) is 13.6 Å². The van der Waals surface area contributed by atoms with Gasteiger partial charge in [-0.3, -0.25) is 14.9 Å². The number of benzene rings is 1. The van der Waals surface area contributed by atoms with E-state index in [1.54, 1.807) is 7.05 Å². The highest BCUT2D eigenvalue weighted by atomic mass is 16.6. The summed E-state index contributed by atoms with van der Waals surface area (Å²) < 4.78 is 4.91. The minimum absolute atomic E-state index is 0.0330. The first-order valence-electron chi connectivity index (χ1n) is 6.58. The summed E-state index contributed by atoms with van der Waals surface area (Å²) in [5.74, 6) is -0.851. The number of furan rings is 1. The lowest BCUT2D eigenvalue weighted by Gasteiger charge is -2.15. The van der Waals surface area contributed by atoms with Gasteiger partial charge in [0.2, 0.25) is 0 Å². The average molecular weight is 288 g/mol. The molecule has 1 aromatic heterocycles. The quantitative estimate of drug-likeness (QED) is 0.626. The maximum Gasteiger partial charge on any atom is 0.433 e. The van der Waals surface area contributed by atoms with E-state index in [9.17, 15) is 14.9 Å². The first kappa shape index (κ1) is 14.8. The first-order chi connectivity index (χ1) is 10.0. The van der Waals surface area contributed by atoms with Gasteiger partial charge in [0.05, 0.1) is 6.07 Å². The molecule has 1 amide bonds. The van der Waals surface area contributed by atoms with Crippen molar-refractivity contribution in [2.75, 3.05) is 7.05 Å². The molecule has 0 aliphatic heterocycles. The Balaban J connectivity index is 2.05. The van der Waals surface area contributed by atoms with E-state index in [-0.39, 0.29) is 11.7 Å². The average Bonchev–Trinajstić information content (AvgIpc) is 2.97. The molecule has 1 aromatic carbocycles. The van der Waals surface area contributed by atoms with Gasteiger partial charge in [0.25, 0.3) is 5.91 Å². The van der Waals surface area contributed by atoms with E-state index in [1.165, 1.54) is 22.6 Å². The van der Waals surface area contributed by atoms with Gasteiger partial charge in [-0.25, -0.2) is 0 Å². The van der Waals surface area contributed by atoms with Crippen molar-refractivity contribution >= 4 is 11.8 Å². The number of amides is 1. The third kappa shape index (κ3) is 3.47. The predicted octanol–water partition coefficient (Wildman–Crippen LogP) is 3.02. The summed E-state index contributed by atoms with van der Waals surface area (Å²) in [6.45, 7) is 2.49. The van der Waals surface area contributed by atoms with Crippen LogP contribution in [0.4, 0.5) is 5.88 Å². The molecule has 2 rings (SSSR count). The topological polar surface area (TPSA) is 76.6 Å². The monoisotopic (exact) mass is 288 g/mol. The molecule has 0 aliphatic carbocycles. The molecule has 0 aliphatic rings. The lowest BCUT2D eigenvalue weighted by Crippen LogP contribution is -2.25. The van der Waals surface area contributed by atoms with Crippen LogP contribution >= 0.6 is 0 Å². The van der Waals surface area contributed by atoms with Gasteiger partial charge in [0.1, 0.15) is 4.92 Å². The summed E-state index contributed by atoms with van der Waals surface area (Å²) in [5, 5.41) is 10.5. The number of nitro groups is 1. The van der Waals surface area contributed by atoms with E-state index in [2.05, 4.69) is 6.92 Å². The molecular formula is C15H16N2O4. The first-order valence-corrected chi connectivity index (χ1v) is 6.58. The van der Waals surface area contributed by atoms with E-state index in [1.807, 2.05) is 24.3 Å². The van der Waals surface area contributed by atoms with E-state index in [0.717, 1.165) is 12.0 Å². The van der Waals surface area contributed by atoms with Crippen LogP contribution in [0.2, 0.25) is 0 Å². The maximum atomic E-state index is 12.1. The van der Waals surface area contributed by atoms with E-state index in [0.29, 0.717) is 6.54 Å². The Morgan fingerprint density at radius 1 is 1.19 bits per heavy atom. The third-order valence-corrected chi connectivity index (χ3v) is 3.18. The molecule has 0 bridgehead atoms. The van der Waals surface area contributed by atoms with Crippen molar-refractivity contribution in [3.63, 3.8) is 0 Å². The van der Waals surface area contributed by atoms with Crippen LogP contribution in [0.25, 0.3) is 0 Å². The maximum absolute atomic E-state index is 12.1. The van der Waals surface area contributed by atoms with Gasteiger partial charge in [-0.05, 0) is 23.6 Å². The molecule has 110 valence electrons. The fourth-order valence-corrected chi connectivity index (χ4v) is 1.95. The summed E-state index contributed by atoms with van der Waals surface area (Å²) in [6, 6.07) is 10.5. The summed E-state index contributed by atoms with van der Waals surface area (Å²) in [5.41, 5.74) is 2.22. The number of rotatable bonds is 5. The zero-order valence-electron chi connectivity index (χ0n) is 11.9. The Morgan fingerprint density at radius 2 is 1.81 bits per heavy atom. The Bertz CT molecular complexity index is 646. The molecule has 0 unspecified atom stereocenters. The van der Waals surface area contributed by atoms with Crippen molar-refractivity contribution in [3.8, 4) is 0 Å². The molecule has 0 saturated carbocycles. The van der Waals surface area contributed by atoms with Crippen molar-refractivity contribution in [1.82, 2.24) is 4.90 Å². The van der Waals surface area contributed by atoms with Gasteiger partial charge in [-0.2, -0.15) is 0 Å². The molecular weight excluding hydrogens is 272 g/mol. The molecule has 0 atom stereocenters. The number of hydrogen-bond donors (Lipinski definition) is 0. The fraction of sp³-hybridized carbons (Fsp3) is 0.267.